The number of rotatable bonds is 12. The fraction of sp³-hybridized carbons (Fsp3) is 0.800. The molecule has 0 spiro atoms. The maximum atomic E-state index is 13.2. The predicted octanol–water partition coefficient (Wildman–Crippen LogP) is -0.461. The van der Waals surface area contributed by atoms with E-state index in [0.29, 0.717) is 38.0 Å². The second-order valence-electron chi connectivity index (χ2n) is 8.01. The van der Waals surface area contributed by atoms with E-state index in [1.165, 1.54) is 23.6 Å². The van der Waals surface area contributed by atoms with Crippen molar-refractivity contribution in [2.45, 2.75) is 76.7 Å². The molecule has 0 aromatic heterocycles. The molecule has 0 bridgehead atoms. The number of nitrogens with two attached hydrogens (primary N) is 1. The Kier molecular flexibility index (Phi) is 11.3. The van der Waals surface area contributed by atoms with Gasteiger partial charge in [0, 0.05) is 6.54 Å². The summed E-state index contributed by atoms with van der Waals surface area (Å²) in [5.41, 5.74) is 5.68. The highest BCUT2D eigenvalue weighted by atomic mass is 32.2. The Labute approximate surface area is 187 Å². The van der Waals surface area contributed by atoms with Crippen LogP contribution in [-0.2, 0) is 19.2 Å². The highest BCUT2D eigenvalue weighted by Crippen LogP contribution is 2.21. The van der Waals surface area contributed by atoms with Crippen molar-refractivity contribution in [2.75, 3.05) is 18.6 Å². The van der Waals surface area contributed by atoms with Crippen molar-refractivity contribution >= 4 is 35.5 Å². The van der Waals surface area contributed by atoms with E-state index in [0.717, 1.165) is 0 Å². The molecule has 1 heterocycles. The zero-order valence-corrected chi connectivity index (χ0v) is 19.5. The molecule has 0 aromatic rings. The van der Waals surface area contributed by atoms with Crippen LogP contribution in [-0.4, -0.2) is 87.6 Å². The summed E-state index contributed by atoms with van der Waals surface area (Å²) in [7, 11) is 0. The number of carboxylic acids is 1. The van der Waals surface area contributed by atoms with Gasteiger partial charge in [-0.3, -0.25) is 14.4 Å². The van der Waals surface area contributed by atoms with Gasteiger partial charge in [0.25, 0.3) is 0 Å². The van der Waals surface area contributed by atoms with Crippen molar-refractivity contribution in [3.63, 3.8) is 0 Å². The van der Waals surface area contributed by atoms with Gasteiger partial charge < -0.3 is 31.5 Å². The second-order valence-corrected chi connectivity index (χ2v) is 8.99. The fourth-order valence-corrected chi connectivity index (χ4v) is 3.89. The molecule has 3 amide bonds. The molecule has 1 rings (SSSR count). The SMILES string of the molecule is CCC(C)C(NC(=O)C1CCCN1C(=O)C(CCSC)NC(=O)C(N)C(C)O)C(=O)O. The van der Waals surface area contributed by atoms with Gasteiger partial charge in [-0.1, -0.05) is 20.3 Å². The first-order chi connectivity index (χ1) is 14.5. The van der Waals surface area contributed by atoms with Crippen LogP contribution in [0, 0.1) is 5.92 Å². The third kappa shape index (κ3) is 7.65. The van der Waals surface area contributed by atoms with E-state index >= 15 is 0 Å². The van der Waals surface area contributed by atoms with Crippen LogP contribution in [0.25, 0.3) is 0 Å². The Morgan fingerprint density at radius 2 is 1.87 bits per heavy atom. The number of hydrogen-bond donors (Lipinski definition) is 5. The maximum absolute atomic E-state index is 13.2. The molecule has 0 radical (unpaired) electrons. The quantitative estimate of drug-likeness (QED) is 0.261. The number of aliphatic hydroxyl groups is 1. The van der Waals surface area contributed by atoms with E-state index in [1.54, 1.807) is 6.92 Å². The van der Waals surface area contributed by atoms with Gasteiger partial charge >= 0.3 is 5.97 Å². The van der Waals surface area contributed by atoms with E-state index in [9.17, 15) is 29.4 Å². The van der Waals surface area contributed by atoms with Crippen LogP contribution in [0.3, 0.4) is 0 Å². The Balaban J connectivity index is 2.96. The largest absolute Gasteiger partial charge is 0.480 e. The average molecular weight is 461 g/mol. The van der Waals surface area contributed by atoms with E-state index in [-0.39, 0.29) is 5.92 Å². The van der Waals surface area contributed by atoms with E-state index in [2.05, 4.69) is 10.6 Å². The van der Waals surface area contributed by atoms with Gasteiger partial charge in [-0.05, 0) is 44.1 Å². The molecule has 6 unspecified atom stereocenters. The Morgan fingerprint density at radius 3 is 2.39 bits per heavy atom. The van der Waals surface area contributed by atoms with Crippen molar-refractivity contribution in [3.05, 3.63) is 0 Å². The lowest BCUT2D eigenvalue weighted by Gasteiger charge is -2.30. The van der Waals surface area contributed by atoms with Crippen molar-refractivity contribution in [3.8, 4) is 0 Å². The third-order valence-electron chi connectivity index (χ3n) is 5.66. The summed E-state index contributed by atoms with van der Waals surface area (Å²) in [5.74, 6) is -2.33. The first-order valence-electron chi connectivity index (χ1n) is 10.6. The average Bonchev–Trinajstić information content (AvgIpc) is 3.22. The molecule has 31 heavy (non-hydrogen) atoms. The molecule has 11 heteroatoms. The van der Waals surface area contributed by atoms with Crippen molar-refractivity contribution < 1.29 is 29.4 Å². The van der Waals surface area contributed by atoms with Gasteiger partial charge in [0.05, 0.1) is 6.10 Å². The van der Waals surface area contributed by atoms with Crippen molar-refractivity contribution in [1.82, 2.24) is 15.5 Å². The first kappa shape index (κ1) is 27.2. The van der Waals surface area contributed by atoms with Gasteiger partial charge in [0.15, 0.2) is 0 Å². The van der Waals surface area contributed by atoms with Crippen molar-refractivity contribution in [2.24, 2.45) is 11.7 Å². The summed E-state index contributed by atoms with van der Waals surface area (Å²) in [6, 6.07) is -3.89. The van der Waals surface area contributed by atoms with Crippen LogP contribution in [0.15, 0.2) is 0 Å². The Morgan fingerprint density at radius 1 is 1.23 bits per heavy atom. The number of carbonyl (C=O) groups is 4. The molecule has 1 aliphatic rings. The molecule has 6 N–H and O–H groups in total. The van der Waals surface area contributed by atoms with Crippen LogP contribution >= 0.6 is 11.8 Å². The fourth-order valence-electron chi connectivity index (χ4n) is 3.42. The van der Waals surface area contributed by atoms with Crippen LogP contribution in [0.1, 0.15) is 46.5 Å². The predicted molar refractivity (Wildman–Crippen MR) is 118 cm³/mol. The highest BCUT2D eigenvalue weighted by molar-refractivity contribution is 7.98. The Hall–Kier alpha value is -1.85. The van der Waals surface area contributed by atoms with Crippen LogP contribution < -0.4 is 16.4 Å². The summed E-state index contributed by atoms with van der Waals surface area (Å²) < 4.78 is 0. The molecule has 0 aromatic carbocycles. The number of aliphatic carboxylic acids is 1. The van der Waals surface area contributed by atoms with Crippen LogP contribution in [0.4, 0.5) is 0 Å². The zero-order valence-electron chi connectivity index (χ0n) is 18.7. The molecule has 178 valence electrons. The monoisotopic (exact) mass is 460 g/mol. The minimum Gasteiger partial charge on any atom is -0.480 e. The van der Waals surface area contributed by atoms with Gasteiger partial charge in [0.2, 0.25) is 17.7 Å². The number of amides is 3. The summed E-state index contributed by atoms with van der Waals surface area (Å²) in [5, 5.41) is 24.2. The van der Waals surface area contributed by atoms with Gasteiger partial charge in [-0.25, -0.2) is 4.79 Å². The summed E-state index contributed by atoms with van der Waals surface area (Å²) in [6.07, 6.45) is 2.74. The molecule has 0 saturated carbocycles. The van der Waals surface area contributed by atoms with Gasteiger partial charge in [0.1, 0.15) is 24.2 Å². The lowest BCUT2D eigenvalue weighted by Crippen LogP contribution is -2.58. The number of carbonyl (C=O) groups excluding carboxylic acids is 3. The molecular weight excluding hydrogens is 424 g/mol. The molecule has 0 aliphatic carbocycles. The Bertz CT molecular complexity index is 647. The minimum atomic E-state index is -1.17. The van der Waals surface area contributed by atoms with E-state index < -0.39 is 54.0 Å². The maximum Gasteiger partial charge on any atom is 0.326 e. The molecule has 1 saturated heterocycles. The summed E-state index contributed by atoms with van der Waals surface area (Å²) in [4.78, 5) is 51.3. The molecule has 6 atom stereocenters. The number of nitrogens with zero attached hydrogens (tertiary/aromatic N) is 1. The number of aliphatic hydroxyl groups excluding tert-OH is 1. The minimum absolute atomic E-state index is 0.262. The number of carboxylic acid groups (broad SMARTS) is 1. The number of hydrogen-bond acceptors (Lipinski definition) is 7. The normalized spacial score (nSPS) is 21.0. The topological polar surface area (TPSA) is 162 Å². The number of thioether (sulfide) groups is 1. The number of likely N-dealkylation sites (tertiary alicyclic amines) is 1. The smallest absolute Gasteiger partial charge is 0.326 e. The molecule has 10 nitrogen and oxygen atoms in total. The molecule has 1 aliphatic heterocycles. The number of nitrogens with one attached hydrogen (secondary N) is 2. The second kappa shape index (κ2) is 12.9. The third-order valence-corrected chi connectivity index (χ3v) is 6.31. The van der Waals surface area contributed by atoms with E-state index in [1.807, 2.05) is 13.2 Å². The zero-order chi connectivity index (χ0) is 23.7. The first-order valence-corrected chi connectivity index (χ1v) is 12.0. The van der Waals surface area contributed by atoms with Crippen LogP contribution in [0.2, 0.25) is 0 Å². The summed E-state index contributed by atoms with van der Waals surface area (Å²) in [6.45, 7) is 5.32. The standard InChI is InChI=1S/C20H36N4O6S/c1-5-11(2)16(20(29)30)23-17(26)14-7-6-9-24(14)19(28)13(8-10-31-4)22-18(27)15(21)12(3)25/h11-16,25H,5-10,21H2,1-4H3,(H,22,27)(H,23,26)(H,29,30). The highest BCUT2D eigenvalue weighted by Gasteiger charge is 2.39. The lowest BCUT2D eigenvalue weighted by atomic mass is 9.98. The van der Waals surface area contributed by atoms with E-state index in [4.69, 9.17) is 5.73 Å². The summed E-state index contributed by atoms with van der Waals surface area (Å²) >= 11 is 1.51. The molecule has 1 fully saturated rings. The molecular formula is C20H36N4O6S. The van der Waals surface area contributed by atoms with Crippen LogP contribution in [0.5, 0.6) is 0 Å². The van der Waals surface area contributed by atoms with Gasteiger partial charge in [-0.15, -0.1) is 0 Å². The van der Waals surface area contributed by atoms with Crippen molar-refractivity contribution in [1.29, 1.82) is 0 Å². The lowest BCUT2D eigenvalue weighted by molar-refractivity contribution is -0.146. The van der Waals surface area contributed by atoms with Gasteiger partial charge in [-0.2, -0.15) is 11.8 Å².